The molecule has 1 heterocycles. The minimum atomic E-state index is 0.808. The number of pyridine rings is 1. The molecule has 0 atom stereocenters. The lowest BCUT2D eigenvalue weighted by Gasteiger charge is -2.05. The van der Waals surface area contributed by atoms with E-state index >= 15 is 0 Å². The quantitative estimate of drug-likeness (QED) is 0.642. The number of hydrogen-bond donors (Lipinski definition) is 0. The van der Waals surface area contributed by atoms with Gasteiger partial charge in [-0.15, -0.1) is 0 Å². The summed E-state index contributed by atoms with van der Waals surface area (Å²) in [6, 6.07) is 1.87. The van der Waals surface area contributed by atoms with E-state index in [1.54, 1.807) is 19.4 Å². The monoisotopic (exact) mass is 149 g/mol. The molecule has 2 nitrogen and oxygen atoms in total. The summed E-state index contributed by atoms with van der Waals surface area (Å²) in [4.78, 5) is 4.09. The highest BCUT2D eigenvalue weighted by Crippen LogP contribution is 2.21. The average molecular weight is 149 g/mol. The maximum atomic E-state index is 5.13. The molecule has 0 aliphatic rings. The van der Waals surface area contributed by atoms with E-state index in [9.17, 15) is 0 Å². The van der Waals surface area contributed by atoms with Crippen molar-refractivity contribution in [1.82, 2.24) is 4.98 Å². The number of rotatable bonds is 2. The van der Waals surface area contributed by atoms with Gasteiger partial charge in [-0.2, -0.15) is 0 Å². The Morgan fingerprint density at radius 2 is 2.36 bits per heavy atom. The van der Waals surface area contributed by atoms with Gasteiger partial charge >= 0.3 is 0 Å². The van der Waals surface area contributed by atoms with Crippen molar-refractivity contribution in [1.29, 1.82) is 0 Å². The van der Waals surface area contributed by atoms with Crippen molar-refractivity contribution in [3.05, 3.63) is 30.1 Å². The Morgan fingerprint density at radius 3 is 2.82 bits per heavy atom. The zero-order chi connectivity index (χ0) is 8.27. The Kier molecular flexibility index (Phi) is 2.26. The molecule has 0 saturated carbocycles. The molecule has 0 aromatic carbocycles. The number of hydrogen-bond acceptors (Lipinski definition) is 2. The van der Waals surface area contributed by atoms with Crippen LogP contribution in [0.4, 0.5) is 0 Å². The van der Waals surface area contributed by atoms with Gasteiger partial charge < -0.3 is 4.74 Å². The molecule has 2 heteroatoms. The average Bonchev–Trinajstić information content (AvgIpc) is 2.04. The van der Waals surface area contributed by atoms with Crippen molar-refractivity contribution in [3.63, 3.8) is 0 Å². The summed E-state index contributed by atoms with van der Waals surface area (Å²) in [5, 5.41) is 0. The maximum Gasteiger partial charge on any atom is 0.147 e. The number of methoxy groups -OCH3 is 1. The molecule has 0 bridgehead atoms. The highest BCUT2D eigenvalue weighted by Gasteiger charge is 2.01. The highest BCUT2D eigenvalue weighted by atomic mass is 16.5. The minimum absolute atomic E-state index is 0.808. The van der Waals surface area contributed by atoms with E-state index in [1.165, 1.54) is 0 Å². The minimum Gasteiger partial charge on any atom is -0.494 e. The van der Waals surface area contributed by atoms with E-state index in [2.05, 4.69) is 11.6 Å². The van der Waals surface area contributed by atoms with Crippen LogP contribution in [-0.2, 0) is 0 Å². The molecular formula is C9H11NO. The lowest BCUT2D eigenvalue weighted by molar-refractivity contribution is 0.408. The third kappa shape index (κ3) is 1.40. The molecule has 0 aliphatic heterocycles. The van der Waals surface area contributed by atoms with Crippen LogP contribution >= 0.6 is 0 Å². The lowest BCUT2D eigenvalue weighted by Crippen LogP contribution is -1.92. The fraction of sp³-hybridized carbons (Fsp3) is 0.222. The molecule has 1 aromatic heterocycles. The van der Waals surface area contributed by atoms with E-state index in [0.717, 1.165) is 17.0 Å². The summed E-state index contributed by atoms with van der Waals surface area (Å²) in [5.74, 6) is 0.808. The van der Waals surface area contributed by atoms with Crippen molar-refractivity contribution in [2.75, 3.05) is 7.11 Å². The maximum absolute atomic E-state index is 5.13. The van der Waals surface area contributed by atoms with Crippen LogP contribution in [-0.4, -0.2) is 12.1 Å². The highest BCUT2D eigenvalue weighted by molar-refractivity contribution is 5.56. The molecule has 0 amide bonds. The Hall–Kier alpha value is -1.31. The van der Waals surface area contributed by atoms with Gasteiger partial charge in [0.25, 0.3) is 0 Å². The van der Waals surface area contributed by atoms with E-state index in [-0.39, 0.29) is 0 Å². The smallest absolute Gasteiger partial charge is 0.147 e. The lowest BCUT2D eigenvalue weighted by atomic mass is 10.2. The molecule has 0 N–H and O–H groups in total. The molecule has 1 aromatic rings. The number of ether oxygens (including phenoxy) is 1. The van der Waals surface area contributed by atoms with Gasteiger partial charge in [0, 0.05) is 11.8 Å². The van der Waals surface area contributed by atoms with Gasteiger partial charge in [-0.1, -0.05) is 12.7 Å². The van der Waals surface area contributed by atoms with Crippen molar-refractivity contribution in [3.8, 4) is 5.75 Å². The van der Waals surface area contributed by atoms with E-state index in [0.29, 0.717) is 0 Å². The molecule has 58 valence electrons. The first-order chi connectivity index (χ1) is 5.29. The molecule has 0 spiro atoms. The summed E-state index contributed by atoms with van der Waals surface area (Å²) >= 11 is 0. The molecule has 0 aliphatic carbocycles. The van der Waals surface area contributed by atoms with Gasteiger partial charge in [0.2, 0.25) is 0 Å². The molecular weight excluding hydrogens is 138 g/mol. The van der Waals surface area contributed by atoms with Gasteiger partial charge in [0.05, 0.1) is 12.8 Å². The van der Waals surface area contributed by atoms with Crippen molar-refractivity contribution < 1.29 is 4.74 Å². The number of aryl methyl sites for hydroxylation is 1. The summed E-state index contributed by atoms with van der Waals surface area (Å²) in [6.45, 7) is 5.58. The van der Waals surface area contributed by atoms with Gasteiger partial charge in [-0.05, 0) is 13.0 Å². The van der Waals surface area contributed by atoms with Crippen molar-refractivity contribution in [2.45, 2.75) is 6.92 Å². The summed E-state index contributed by atoms with van der Waals surface area (Å²) in [6.07, 6.45) is 3.50. The van der Waals surface area contributed by atoms with Crippen LogP contribution in [0.25, 0.3) is 6.08 Å². The van der Waals surface area contributed by atoms with Crippen LogP contribution in [0, 0.1) is 6.92 Å². The molecule has 1 rings (SSSR count). The van der Waals surface area contributed by atoms with Crippen LogP contribution in [0.5, 0.6) is 5.75 Å². The Balaban J connectivity index is 3.23. The van der Waals surface area contributed by atoms with Crippen LogP contribution in [0.3, 0.4) is 0 Å². The molecule has 0 saturated heterocycles. The molecule has 0 fully saturated rings. The van der Waals surface area contributed by atoms with Crippen molar-refractivity contribution >= 4 is 6.08 Å². The Bertz CT molecular complexity index is 268. The van der Waals surface area contributed by atoms with E-state index in [4.69, 9.17) is 4.74 Å². The molecule has 0 radical (unpaired) electrons. The number of nitrogens with zero attached hydrogens (tertiary/aromatic N) is 1. The van der Waals surface area contributed by atoms with Gasteiger partial charge in [0.1, 0.15) is 5.75 Å². The largest absolute Gasteiger partial charge is 0.494 e. The second kappa shape index (κ2) is 3.19. The van der Waals surface area contributed by atoms with Gasteiger partial charge in [0.15, 0.2) is 0 Å². The van der Waals surface area contributed by atoms with Gasteiger partial charge in [-0.25, -0.2) is 0 Å². The number of aromatic nitrogens is 1. The fourth-order valence-electron chi connectivity index (χ4n) is 0.999. The normalized spacial score (nSPS) is 9.27. The Labute approximate surface area is 66.5 Å². The van der Waals surface area contributed by atoms with E-state index in [1.807, 2.05) is 13.0 Å². The van der Waals surface area contributed by atoms with Crippen LogP contribution in [0.1, 0.15) is 11.3 Å². The van der Waals surface area contributed by atoms with Crippen LogP contribution in [0.2, 0.25) is 0 Å². The third-order valence-corrected chi connectivity index (χ3v) is 1.54. The standard InChI is InChI=1S/C9H11NO/c1-4-8-5-6-10-7(2)9(8)11-3/h4-6H,1H2,2-3H3. The first-order valence-electron chi connectivity index (χ1n) is 3.41. The Morgan fingerprint density at radius 1 is 1.64 bits per heavy atom. The topological polar surface area (TPSA) is 22.1 Å². The van der Waals surface area contributed by atoms with E-state index < -0.39 is 0 Å². The summed E-state index contributed by atoms with van der Waals surface area (Å²) in [7, 11) is 1.64. The van der Waals surface area contributed by atoms with Crippen molar-refractivity contribution in [2.24, 2.45) is 0 Å². The SMILES string of the molecule is C=Cc1ccnc(C)c1OC. The zero-order valence-electron chi connectivity index (χ0n) is 6.79. The third-order valence-electron chi connectivity index (χ3n) is 1.54. The fourth-order valence-corrected chi connectivity index (χ4v) is 0.999. The first kappa shape index (κ1) is 7.79. The second-order valence-corrected chi connectivity index (χ2v) is 2.22. The van der Waals surface area contributed by atoms with Crippen LogP contribution in [0.15, 0.2) is 18.8 Å². The second-order valence-electron chi connectivity index (χ2n) is 2.22. The molecule has 11 heavy (non-hydrogen) atoms. The summed E-state index contributed by atoms with van der Waals surface area (Å²) in [5.41, 5.74) is 1.88. The first-order valence-corrected chi connectivity index (χ1v) is 3.41. The van der Waals surface area contributed by atoms with Gasteiger partial charge in [-0.3, -0.25) is 4.98 Å². The molecule has 0 unspecified atom stereocenters. The predicted octanol–water partition coefficient (Wildman–Crippen LogP) is 2.04. The zero-order valence-corrected chi connectivity index (χ0v) is 6.79. The van der Waals surface area contributed by atoms with Crippen LogP contribution < -0.4 is 4.74 Å². The predicted molar refractivity (Wildman–Crippen MR) is 45.6 cm³/mol. The summed E-state index contributed by atoms with van der Waals surface area (Å²) < 4.78 is 5.13.